The van der Waals surface area contributed by atoms with Gasteiger partial charge in [-0.15, -0.1) is 11.8 Å². The number of ether oxygens (including phenoxy) is 3. The van der Waals surface area contributed by atoms with Gasteiger partial charge in [-0.05, 0) is 66.9 Å². The summed E-state index contributed by atoms with van der Waals surface area (Å²) >= 11 is 1.70. The molecule has 0 aromatic heterocycles. The standard InChI is InChI=1S/C27H26O4S.C4H9NO/c1-3-30-24-16-22(11-7-10-21-8-5-4-6-9-21)15-23(17-24)19-32-25-12-13-26(20(2)14-25)31-18-27(28)29;1-3-6-4-2-5-1/h4-6,8-9,12-17H,3,10,18-19H2,1-2H3,(H,28,29);5H,1-4H2. The molecule has 1 fully saturated rings. The number of carbonyl (C=O) groups is 1. The Morgan fingerprint density at radius 1 is 1.03 bits per heavy atom. The van der Waals surface area contributed by atoms with E-state index in [-0.39, 0.29) is 6.61 Å². The lowest BCUT2D eigenvalue weighted by Crippen LogP contribution is -2.30. The fraction of sp³-hybridized carbons (Fsp3) is 0.323. The van der Waals surface area contributed by atoms with Gasteiger partial charge < -0.3 is 24.6 Å². The Labute approximate surface area is 229 Å². The van der Waals surface area contributed by atoms with Gasteiger partial charge in [0.05, 0.1) is 19.8 Å². The van der Waals surface area contributed by atoms with Crippen molar-refractivity contribution in [3.05, 3.63) is 89.0 Å². The number of hydrogen-bond donors (Lipinski definition) is 2. The Bertz CT molecular complexity index is 1200. The summed E-state index contributed by atoms with van der Waals surface area (Å²) in [6.45, 7) is 7.98. The second-order valence-corrected chi connectivity index (χ2v) is 9.57. The normalized spacial score (nSPS) is 12.4. The quantitative estimate of drug-likeness (QED) is 0.284. The Kier molecular flexibility index (Phi) is 12.6. The fourth-order valence-corrected chi connectivity index (χ4v) is 4.53. The summed E-state index contributed by atoms with van der Waals surface area (Å²) in [7, 11) is 0. The van der Waals surface area contributed by atoms with Crippen molar-refractivity contribution < 1.29 is 24.1 Å². The van der Waals surface area contributed by atoms with E-state index in [0.29, 0.717) is 18.8 Å². The minimum atomic E-state index is -0.986. The van der Waals surface area contributed by atoms with Gasteiger partial charge in [0.25, 0.3) is 0 Å². The van der Waals surface area contributed by atoms with Gasteiger partial charge in [-0.25, -0.2) is 4.79 Å². The van der Waals surface area contributed by atoms with Crippen LogP contribution in [0.2, 0.25) is 0 Å². The number of rotatable bonds is 9. The highest BCUT2D eigenvalue weighted by molar-refractivity contribution is 7.98. The summed E-state index contributed by atoms with van der Waals surface area (Å²) in [5.74, 6) is 7.71. The molecule has 0 bridgehead atoms. The second kappa shape index (κ2) is 16.4. The number of aryl methyl sites for hydroxylation is 1. The zero-order chi connectivity index (χ0) is 27.0. The van der Waals surface area contributed by atoms with E-state index in [0.717, 1.165) is 59.4 Å². The highest BCUT2D eigenvalue weighted by atomic mass is 32.2. The van der Waals surface area contributed by atoms with Crippen LogP contribution >= 0.6 is 11.8 Å². The number of benzene rings is 3. The first-order chi connectivity index (χ1) is 18.5. The van der Waals surface area contributed by atoms with Crippen LogP contribution in [0.5, 0.6) is 11.5 Å². The third kappa shape index (κ3) is 10.9. The zero-order valence-corrected chi connectivity index (χ0v) is 22.8. The molecule has 1 aliphatic rings. The molecule has 3 aromatic rings. The van der Waals surface area contributed by atoms with Crippen LogP contribution in [0.1, 0.15) is 29.2 Å². The second-order valence-electron chi connectivity index (χ2n) is 8.52. The maximum atomic E-state index is 10.7. The number of nitrogens with one attached hydrogen (secondary N) is 1. The van der Waals surface area contributed by atoms with E-state index >= 15 is 0 Å². The Hall–Kier alpha value is -3.44. The van der Waals surface area contributed by atoms with Crippen molar-refractivity contribution >= 4 is 17.7 Å². The first-order valence-corrected chi connectivity index (χ1v) is 13.7. The highest BCUT2D eigenvalue weighted by Gasteiger charge is 2.06. The van der Waals surface area contributed by atoms with Gasteiger partial charge in [-0.3, -0.25) is 0 Å². The Balaban J connectivity index is 0.000000585. The molecule has 0 saturated carbocycles. The van der Waals surface area contributed by atoms with E-state index in [1.165, 1.54) is 5.56 Å². The van der Waals surface area contributed by atoms with Crippen LogP contribution < -0.4 is 14.8 Å². The van der Waals surface area contributed by atoms with Gasteiger partial charge in [0, 0.05) is 35.7 Å². The average molecular weight is 534 g/mol. The minimum Gasteiger partial charge on any atom is -0.494 e. The average Bonchev–Trinajstić information content (AvgIpc) is 2.93. The van der Waals surface area contributed by atoms with Crippen molar-refractivity contribution in [3.63, 3.8) is 0 Å². The zero-order valence-electron chi connectivity index (χ0n) is 22.0. The molecule has 0 unspecified atom stereocenters. The van der Waals surface area contributed by atoms with Crippen molar-refractivity contribution in [1.82, 2.24) is 5.32 Å². The summed E-state index contributed by atoms with van der Waals surface area (Å²) in [5, 5.41) is 11.9. The summed E-state index contributed by atoms with van der Waals surface area (Å²) in [5.41, 5.74) is 4.18. The van der Waals surface area contributed by atoms with Crippen LogP contribution in [0, 0.1) is 18.8 Å². The van der Waals surface area contributed by atoms with Crippen molar-refractivity contribution in [2.45, 2.75) is 30.9 Å². The maximum absolute atomic E-state index is 10.7. The van der Waals surface area contributed by atoms with Crippen molar-refractivity contribution in [3.8, 4) is 23.3 Å². The van der Waals surface area contributed by atoms with Crippen LogP contribution in [0.15, 0.2) is 71.6 Å². The van der Waals surface area contributed by atoms with Gasteiger partial charge >= 0.3 is 5.97 Å². The molecule has 38 heavy (non-hydrogen) atoms. The van der Waals surface area contributed by atoms with Crippen LogP contribution in [0.25, 0.3) is 0 Å². The van der Waals surface area contributed by atoms with Crippen molar-refractivity contribution in [1.29, 1.82) is 0 Å². The highest BCUT2D eigenvalue weighted by Crippen LogP contribution is 2.29. The largest absolute Gasteiger partial charge is 0.494 e. The molecule has 1 saturated heterocycles. The molecule has 0 amide bonds. The topological polar surface area (TPSA) is 77.0 Å². The van der Waals surface area contributed by atoms with E-state index in [1.807, 2.05) is 56.3 Å². The van der Waals surface area contributed by atoms with Gasteiger partial charge in [0.15, 0.2) is 6.61 Å². The number of thioether (sulfide) groups is 1. The molecule has 1 heterocycles. The number of hydrogen-bond acceptors (Lipinski definition) is 6. The molecule has 0 radical (unpaired) electrons. The molecule has 6 nitrogen and oxygen atoms in total. The third-order valence-electron chi connectivity index (χ3n) is 5.39. The van der Waals surface area contributed by atoms with Crippen LogP contribution in [-0.2, 0) is 21.7 Å². The molecule has 0 aliphatic carbocycles. The number of morpholine rings is 1. The van der Waals surface area contributed by atoms with Crippen LogP contribution in [-0.4, -0.2) is 50.6 Å². The monoisotopic (exact) mass is 533 g/mol. The molecule has 1 aliphatic heterocycles. The lowest BCUT2D eigenvalue weighted by atomic mass is 10.1. The number of carboxylic acid groups (broad SMARTS) is 1. The molecule has 3 aromatic carbocycles. The summed E-state index contributed by atoms with van der Waals surface area (Å²) < 4.78 is 16.1. The van der Waals surface area contributed by atoms with Crippen molar-refractivity contribution in [2.75, 3.05) is 39.5 Å². The first-order valence-electron chi connectivity index (χ1n) is 12.7. The third-order valence-corrected chi connectivity index (χ3v) is 6.46. The minimum absolute atomic E-state index is 0.342. The van der Waals surface area contributed by atoms with E-state index in [9.17, 15) is 4.79 Å². The molecule has 7 heteroatoms. The van der Waals surface area contributed by atoms with Gasteiger partial charge in [-0.1, -0.05) is 42.2 Å². The SMILES string of the molecule is C1COCCN1.CCOc1cc(C#CCc2ccccc2)cc(CSc2ccc(OCC(=O)O)c(C)c2)c1. The maximum Gasteiger partial charge on any atom is 0.341 e. The summed E-state index contributed by atoms with van der Waals surface area (Å²) in [6.07, 6.45) is 0.708. The van der Waals surface area contributed by atoms with Crippen LogP contribution in [0.4, 0.5) is 0 Å². The van der Waals surface area contributed by atoms with Crippen LogP contribution in [0.3, 0.4) is 0 Å². The van der Waals surface area contributed by atoms with E-state index in [1.54, 1.807) is 11.8 Å². The van der Waals surface area contributed by atoms with E-state index < -0.39 is 5.97 Å². The predicted octanol–water partition coefficient (Wildman–Crippen LogP) is 5.35. The summed E-state index contributed by atoms with van der Waals surface area (Å²) in [4.78, 5) is 11.8. The van der Waals surface area contributed by atoms with Crippen molar-refractivity contribution in [2.24, 2.45) is 0 Å². The number of aliphatic carboxylic acids is 1. The van der Waals surface area contributed by atoms with E-state index in [2.05, 4.69) is 41.4 Å². The Morgan fingerprint density at radius 3 is 2.45 bits per heavy atom. The van der Waals surface area contributed by atoms with Gasteiger partial charge in [-0.2, -0.15) is 0 Å². The predicted molar refractivity (Wildman–Crippen MR) is 152 cm³/mol. The molecule has 200 valence electrons. The molecule has 0 atom stereocenters. The smallest absolute Gasteiger partial charge is 0.341 e. The Morgan fingerprint density at radius 2 is 1.82 bits per heavy atom. The molecule has 4 rings (SSSR count). The molecular formula is C31H35NO5S. The first kappa shape index (κ1) is 29.1. The van der Waals surface area contributed by atoms with Gasteiger partial charge in [0.2, 0.25) is 0 Å². The fourth-order valence-electron chi connectivity index (χ4n) is 3.61. The summed E-state index contributed by atoms with van der Waals surface area (Å²) in [6, 6.07) is 22.1. The molecule has 2 N–H and O–H groups in total. The lowest BCUT2D eigenvalue weighted by Gasteiger charge is -2.10. The van der Waals surface area contributed by atoms with Gasteiger partial charge in [0.1, 0.15) is 11.5 Å². The number of carboxylic acids is 1. The van der Waals surface area contributed by atoms with E-state index in [4.69, 9.17) is 19.3 Å². The molecular weight excluding hydrogens is 498 g/mol. The molecule has 0 spiro atoms. The lowest BCUT2D eigenvalue weighted by molar-refractivity contribution is -0.139.